The predicted molar refractivity (Wildman–Crippen MR) is 120 cm³/mol. The number of ether oxygens (including phenoxy) is 2. The van der Waals surface area contributed by atoms with Crippen molar-refractivity contribution in [1.29, 1.82) is 0 Å². The van der Waals surface area contributed by atoms with Gasteiger partial charge in [0.05, 0.1) is 24.8 Å². The van der Waals surface area contributed by atoms with Crippen molar-refractivity contribution in [1.82, 2.24) is 4.72 Å². The second-order valence-electron chi connectivity index (χ2n) is 7.20. The third kappa shape index (κ3) is 3.62. The highest BCUT2D eigenvalue weighted by Crippen LogP contribution is 2.39. The second-order valence-corrected chi connectivity index (χ2v) is 8.93. The first-order valence-corrected chi connectivity index (χ1v) is 11.5. The number of methoxy groups -OCH3 is 2. The van der Waals surface area contributed by atoms with Crippen LogP contribution in [0.2, 0.25) is 0 Å². The number of benzene rings is 3. The smallest absolute Gasteiger partial charge is 0.258 e. The molecule has 1 aliphatic rings. The van der Waals surface area contributed by atoms with Gasteiger partial charge < -0.3 is 14.4 Å². The van der Waals surface area contributed by atoms with Gasteiger partial charge in [-0.05, 0) is 49.2 Å². The SMILES string of the molecule is CCN1C(=O)c2cccc3c(S(=O)(=O)NCCc4ccc(OC)c(OC)c4)ccc1c23. The molecule has 0 aliphatic carbocycles. The molecule has 3 aromatic rings. The van der Waals surface area contributed by atoms with E-state index in [2.05, 4.69) is 4.72 Å². The van der Waals surface area contributed by atoms with Crippen LogP contribution in [0.4, 0.5) is 5.69 Å². The molecule has 4 rings (SSSR count). The van der Waals surface area contributed by atoms with Crippen molar-refractivity contribution in [3.05, 3.63) is 59.7 Å². The molecule has 31 heavy (non-hydrogen) atoms. The third-order valence-electron chi connectivity index (χ3n) is 5.50. The summed E-state index contributed by atoms with van der Waals surface area (Å²) in [4.78, 5) is 14.5. The summed E-state index contributed by atoms with van der Waals surface area (Å²) < 4.78 is 39.4. The van der Waals surface area contributed by atoms with Crippen LogP contribution in [0.1, 0.15) is 22.8 Å². The molecule has 7 nitrogen and oxygen atoms in total. The van der Waals surface area contributed by atoms with Crippen LogP contribution >= 0.6 is 0 Å². The lowest BCUT2D eigenvalue weighted by Crippen LogP contribution is -2.26. The highest BCUT2D eigenvalue weighted by atomic mass is 32.2. The molecule has 162 valence electrons. The molecule has 0 radical (unpaired) electrons. The van der Waals surface area contributed by atoms with E-state index in [-0.39, 0.29) is 17.3 Å². The van der Waals surface area contributed by atoms with Crippen molar-refractivity contribution >= 4 is 32.4 Å². The first-order chi connectivity index (χ1) is 14.9. The van der Waals surface area contributed by atoms with Gasteiger partial charge in [0.1, 0.15) is 0 Å². The van der Waals surface area contributed by atoms with Gasteiger partial charge >= 0.3 is 0 Å². The Labute approximate surface area is 181 Å². The number of anilines is 1. The minimum atomic E-state index is -3.77. The fraction of sp³-hybridized carbons (Fsp3) is 0.261. The molecule has 3 aromatic carbocycles. The van der Waals surface area contributed by atoms with E-state index >= 15 is 0 Å². The molecule has 1 amide bonds. The second kappa shape index (κ2) is 8.20. The molecule has 0 fully saturated rings. The first-order valence-electron chi connectivity index (χ1n) is 9.99. The van der Waals surface area contributed by atoms with Crippen molar-refractivity contribution < 1.29 is 22.7 Å². The number of amides is 1. The molecular formula is C23H24N2O5S. The quantitative estimate of drug-likeness (QED) is 0.581. The minimum absolute atomic E-state index is 0.0981. The Kier molecular flexibility index (Phi) is 5.60. The molecule has 0 saturated carbocycles. The van der Waals surface area contributed by atoms with Crippen LogP contribution in [0, 0.1) is 0 Å². The van der Waals surface area contributed by atoms with Crippen LogP contribution in [-0.2, 0) is 16.4 Å². The highest BCUT2D eigenvalue weighted by Gasteiger charge is 2.31. The standard InChI is InChI=1S/C23H24N2O5S/c1-4-25-18-9-11-21(16-6-5-7-17(22(16)18)23(25)26)31(27,28)24-13-12-15-8-10-19(29-2)20(14-15)30-3/h5-11,14,24H,4,12-13H2,1-3H3. The fourth-order valence-electron chi connectivity index (χ4n) is 4.01. The molecule has 0 saturated heterocycles. The summed E-state index contributed by atoms with van der Waals surface area (Å²) in [6.45, 7) is 2.65. The fourth-order valence-corrected chi connectivity index (χ4v) is 5.24. The average molecular weight is 441 g/mol. The van der Waals surface area contributed by atoms with Gasteiger partial charge in [-0.3, -0.25) is 4.79 Å². The number of hydrogen-bond donors (Lipinski definition) is 1. The van der Waals surface area contributed by atoms with Gasteiger partial charge in [-0.2, -0.15) is 0 Å². The summed E-state index contributed by atoms with van der Waals surface area (Å²) in [7, 11) is -0.642. The van der Waals surface area contributed by atoms with Gasteiger partial charge in [-0.15, -0.1) is 0 Å². The molecule has 1 N–H and O–H groups in total. The van der Waals surface area contributed by atoms with Crippen LogP contribution in [0.3, 0.4) is 0 Å². The summed E-state index contributed by atoms with van der Waals surface area (Å²) in [5.74, 6) is 1.12. The third-order valence-corrected chi connectivity index (χ3v) is 7.02. The maximum Gasteiger partial charge on any atom is 0.258 e. The number of rotatable bonds is 8. The minimum Gasteiger partial charge on any atom is -0.493 e. The van der Waals surface area contributed by atoms with Gasteiger partial charge in [-0.1, -0.05) is 18.2 Å². The predicted octanol–water partition coefficient (Wildman–Crippen LogP) is 3.36. The molecule has 0 unspecified atom stereocenters. The van der Waals surface area contributed by atoms with Crippen molar-refractivity contribution in [2.45, 2.75) is 18.2 Å². The lowest BCUT2D eigenvalue weighted by molar-refractivity contribution is 0.0994. The van der Waals surface area contributed by atoms with Gasteiger partial charge in [0.2, 0.25) is 10.0 Å². The summed E-state index contributed by atoms with van der Waals surface area (Å²) in [6, 6.07) is 14.0. The average Bonchev–Trinajstić information content (AvgIpc) is 3.06. The molecule has 0 atom stereocenters. The molecule has 0 aromatic heterocycles. The Morgan fingerprint density at radius 2 is 1.77 bits per heavy atom. The van der Waals surface area contributed by atoms with Crippen molar-refractivity contribution in [2.24, 2.45) is 0 Å². The molecular weight excluding hydrogens is 416 g/mol. The van der Waals surface area contributed by atoms with Crippen LogP contribution in [0.15, 0.2) is 53.4 Å². The van der Waals surface area contributed by atoms with Gasteiger partial charge in [-0.25, -0.2) is 13.1 Å². The van der Waals surface area contributed by atoms with E-state index in [1.165, 1.54) is 0 Å². The number of carbonyl (C=O) groups is 1. The Balaban J connectivity index is 1.59. The lowest BCUT2D eigenvalue weighted by atomic mass is 10.1. The van der Waals surface area contributed by atoms with Crippen LogP contribution < -0.4 is 19.1 Å². The number of nitrogens with zero attached hydrogens (tertiary/aromatic N) is 1. The van der Waals surface area contributed by atoms with Gasteiger partial charge in [0, 0.05) is 29.4 Å². The summed E-state index contributed by atoms with van der Waals surface area (Å²) in [5.41, 5.74) is 2.21. The van der Waals surface area contributed by atoms with E-state index in [1.807, 2.05) is 19.1 Å². The number of sulfonamides is 1. The Morgan fingerprint density at radius 3 is 2.48 bits per heavy atom. The highest BCUT2D eigenvalue weighted by molar-refractivity contribution is 7.89. The van der Waals surface area contributed by atoms with Crippen molar-refractivity contribution in [3.63, 3.8) is 0 Å². The Hall–Kier alpha value is -3.10. The largest absolute Gasteiger partial charge is 0.493 e. The lowest BCUT2D eigenvalue weighted by Gasteiger charge is -2.15. The zero-order valence-corrected chi connectivity index (χ0v) is 18.5. The van der Waals surface area contributed by atoms with Gasteiger partial charge in [0.25, 0.3) is 5.91 Å². The molecule has 1 aliphatic heterocycles. The summed E-state index contributed by atoms with van der Waals surface area (Å²) >= 11 is 0. The molecule has 0 spiro atoms. The van der Waals surface area contributed by atoms with Crippen molar-refractivity contribution in [3.8, 4) is 11.5 Å². The summed E-state index contributed by atoms with van der Waals surface area (Å²) in [6.07, 6.45) is 0.489. The number of nitrogens with one attached hydrogen (secondary N) is 1. The number of carbonyl (C=O) groups excluding carboxylic acids is 1. The molecule has 1 heterocycles. The Morgan fingerprint density at radius 1 is 1.00 bits per heavy atom. The maximum absolute atomic E-state index is 13.1. The molecule has 0 bridgehead atoms. The topological polar surface area (TPSA) is 84.9 Å². The molecule has 8 heteroatoms. The maximum atomic E-state index is 13.1. The Bertz CT molecular complexity index is 1270. The number of hydrogen-bond acceptors (Lipinski definition) is 5. The van der Waals surface area contributed by atoms with Crippen LogP contribution in [0.5, 0.6) is 11.5 Å². The van der Waals surface area contributed by atoms with E-state index in [0.29, 0.717) is 40.8 Å². The van der Waals surface area contributed by atoms with E-state index in [4.69, 9.17) is 9.47 Å². The van der Waals surface area contributed by atoms with Crippen molar-refractivity contribution in [2.75, 3.05) is 32.2 Å². The van der Waals surface area contributed by atoms with Crippen LogP contribution in [-0.4, -0.2) is 41.6 Å². The van der Waals surface area contributed by atoms with Gasteiger partial charge in [0.15, 0.2) is 11.5 Å². The van der Waals surface area contributed by atoms with E-state index < -0.39 is 10.0 Å². The normalized spacial score (nSPS) is 13.1. The monoisotopic (exact) mass is 440 g/mol. The van der Waals surface area contributed by atoms with E-state index in [0.717, 1.165) is 11.3 Å². The van der Waals surface area contributed by atoms with E-state index in [9.17, 15) is 13.2 Å². The first kappa shape index (κ1) is 21.1. The zero-order chi connectivity index (χ0) is 22.2. The summed E-state index contributed by atoms with van der Waals surface area (Å²) in [5, 5.41) is 1.25. The van der Waals surface area contributed by atoms with E-state index in [1.54, 1.807) is 55.5 Å². The zero-order valence-electron chi connectivity index (χ0n) is 17.6. The van der Waals surface area contributed by atoms with Crippen LogP contribution in [0.25, 0.3) is 10.8 Å².